The largest absolute Gasteiger partial charge is 0.376 e. The van der Waals surface area contributed by atoms with Crippen molar-refractivity contribution in [3.05, 3.63) is 36.9 Å². The van der Waals surface area contributed by atoms with Crippen LogP contribution in [0.5, 0.6) is 0 Å². The van der Waals surface area contributed by atoms with Crippen LogP contribution in [-0.4, -0.2) is 103 Å². The van der Waals surface area contributed by atoms with Crippen molar-refractivity contribution in [3.63, 3.8) is 0 Å². The maximum Gasteiger partial charge on any atom is 0.289 e. The highest BCUT2D eigenvalue weighted by Crippen LogP contribution is 2.50. The van der Waals surface area contributed by atoms with E-state index in [1.807, 2.05) is 34.6 Å². The Balaban J connectivity index is 1.65. The van der Waals surface area contributed by atoms with Crippen molar-refractivity contribution in [2.75, 3.05) is 13.1 Å². The van der Waals surface area contributed by atoms with E-state index >= 15 is 0 Å². The molecule has 2 saturated heterocycles. The van der Waals surface area contributed by atoms with Crippen LogP contribution in [0, 0.1) is 29.6 Å². The molecule has 3 aliphatic rings. The minimum Gasteiger partial charge on any atom is -0.376 e. The lowest BCUT2D eigenvalue weighted by molar-refractivity contribution is -0.201. The van der Waals surface area contributed by atoms with Crippen molar-refractivity contribution in [1.82, 2.24) is 35.7 Å². The van der Waals surface area contributed by atoms with Gasteiger partial charge in [0, 0.05) is 31.9 Å². The molecule has 1 aromatic heterocycles. The van der Waals surface area contributed by atoms with E-state index in [1.165, 1.54) is 24.7 Å². The summed E-state index contributed by atoms with van der Waals surface area (Å²) in [6.07, 6.45) is 14.7. The average molecular weight is 692 g/mol. The van der Waals surface area contributed by atoms with Gasteiger partial charge in [-0.05, 0) is 42.9 Å². The zero-order chi connectivity index (χ0) is 36.8. The number of aliphatic hydroxyl groups is 1. The van der Waals surface area contributed by atoms with Gasteiger partial charge in [0.25, 0.3) is 11.8 Å². The van der Waals surface area contributed by atoms with Gasteiger partial charge in [-0.2, -0.15) is 0 Å². The number of aromatic nitrogens is 2. The maximum atomic E-state index is 14.2. The molecule has 0 aromatic carbocycles. The summed E-state index contributed by atoms with van der Waals surface area (Å²) in [4.78, 5) is 79.0. The van der Waals surface area contributed by atoms with Crippen LogP contribution in [0.2, 0.25) is 0 Å². The lowest BCUT2D eigenvalue weighted by Gasteiger charge is -2.65. The predicted octanol–water partition coefficient (Wildman–Crippen LogP) is 1.97. The number of rotatable bonds is 14. The van der Waals surface area contributed by atoms with Crippen molar-refractivity contribution in [2.24, 2.45) is 17.3 Å². The molecule has 0 bridgehead atoms. The van der Waals surface area contributed by atoms with Gasteiger partial charge >= 0.3 is 0 Å². The molecule has 1 spiro atoms. The van der Waals surface area contributed by atoms with E-state index in [2.05, 4.69) is 38.4 Å². The highest BCUT2D eigenvalue weighted by molar-refractivity contribution is 6.38. The zero-order valence-corrected chi connectivity index (χ0v) is 30.0. The molecule has 4 amide bonds. The van der Waals surface area contributed by atoms with Gasteiger partial charge in [-0.15, -0.1) is 18.9 Å². The number of carbonyl (C=O) groups is 5. The van der Waals surface area contributed by atoms with E-state index in [-0.39, 0.29) is 42.8 Å². The molecular formula is C37H53N7O6. The van der Waals surface area contributed by atoms with Gasteiger partial charge in [-0.25, -0.2) is 4.98 Å². The Bertz CT molecular complexity index is 1460. The normalized spacial score (nSPS) is 23.7. The van der Waals surface area contributed by atoms with Crippen molar-refractivity contribution >= 4 is 29.4 Å². The highest BCUT2D eigenvalue weighted by atomic mass is 16.3. The van der Waals surface area contributed by atoms with Crippen LogP contribution >= 0.6 is 0 Å². The smallest absolute Gasteiger partial charge is 0.289 e. The van der Waals surface area contributed by atoms with Crippen LogP contribution in [0.25, 0.3) is 0 Å². The second-order valence-electron chi connectivity index (χ2n) is 15.1. The number of Topliss-reactive ketones (excluding diaryl/α,β-unsaturated/α-hetero) is 1. The molecule has 13 heteroatoms. The lowest BCUT2D eigenvalue weighted by Crippen LogP contribution is -2.84. The maximum absolute atomic E-state index is 14.2. The van der Waals surface area contributed by atoms with Gasteiger partial charge < -0.3 is 26.0 Å². The van der Waals surface area contributed by atoms with E-state index in [0.717, 1.165) is 19.3 Å². The van der Waals surface area contributed by atoms with Gasteiger partial charge in [-0.1, -0.05) is 60.0 Å². The minimum atomic E-state index is -1.26. The quantitative estimate of drug-likeness (QED) is 0.0985. The molecule has 3 heterocycles. The third-order valence-electron chi connectivity index (χ3n) is 10.5. The van der Waals surface area contributed by atoms with Gasteiger partial charge in [0.05, 0.1) is 29.9 Å². The molecule has 2 aliphatic heterocycles. The Labute approximate surface area is 295 Å². The third kappa shape index (κ3) is 7.92. The first-order chi connectivity index (χ1) is 23.7. The van der Waals surface area contributed by atoms with E-state index in [1.54, 1.807) is 9.80 Å². The van der Waals surface area contributed by atoms with Crippen molar-refractivity contribution < 1.29 is 29.1 Å². The minimum absolute atomic E-state index is 0.0443. The van der Waals surface area contributed by atoms with Gasteiger partial charge in [0.2, 0.25) is 17.6 Å². The van der Waals surface area contributed by atoms with E-state index < -0.39 is 64.9 Å². The van der Waals surface area contributed by atoms with E-state index in [9.17, 15) is 29.1 Å². The number of hydrogen-bond acceptors (Lipinski definition) is 9. The van der Waals surface area contributed by atoms with Crippen LogP contribution in [-0.2, 0) is 19.2 Å². The molecule has 2 unspecified atom stereocenters. The molecule has 13 nitrogen and oxygen atoms in total. The number of amides is 4. The number of aliphatic hydroxyl groups excluding tert-OH is 1. The predicted molar refractivity (Wildman–Crippen MR) is 187 cm³/mol. The Morgan fingerprint density at radius 2 is 1.88 bits per heavy atom. The number of carbonyl (C=O) groups excluding carboxylic acids is 5. The van der Waals surface area contributed by atoms with Gasteiger partial charge in [0.1, 0.15) is 18.0 Å². The van der Waals surface area contributed by atoms with E-state index in [4.69, 9.17) is 6.42 Å². The molecule has 50 heavy (non-hydrogen) atoms. The summed E-state index contributed by atoms with van der Waals surface area (Å²) in [5, 5.41) is 20.6. The van der Waals surface area contributed by atoms with Crippen molar-refractivity contribution in [3.8, 4) is 12.3 Å². The monoisotopic (exact) mass is 691 g/mol. The molecule has 4 N–H and O–H groups in total. The van der Waals surface area contributed by atoms with Crippen molar-refractivity contribution in [1.29, 1.82) is 0 Å². The third-order valence-corrected chi connectivity index (χ3v) is 10.5. The summed E-state index contributed by atoms with van der Waals surface area (Å²) >= 11 is 0. The number of ketones is 1. The van der Waals surface area contributed by atoms with Gasteiger partial charge in [-0.3, -0.25) is 33.9 Å². The van der Waals surface area contributed by atoms with Crippen LogP contribution in [0.3, 0.4) is 0 Å². The molecule has 4 rings (SSSR count). The van der Waals surface area contributed by atoms with Crippen LogP contribution in [0.4, 0.5) is 0 Å². The summed E-state index contributed by atoms with van der Waals surface area (Å²) in [6, 6.07) is -3.55. The summed E-state index contributed by atoms with van der Waals surface area (Å²) in [6.45, 7) is 13.9. The average Bonchev–Trinajstić information content (AvgIpc) is 3.56. The fraction of sp³-hybridized carbons (Fsp3) is 0.649. The number of likely N-dealkylation sites (tertiary alicyclic amines) is 2. The topological polar surface area (TPSA) is 174 Å². The van der Waals surface area contributed by atoms with Crippen LogP contribution in [0.1, 0.15) is 96.5 Å². The molecule has 1 saturated carbocycles. The second-order valence-corrected chi connectivity index (χ2v) is 15.1. The molecular weight excluding hydrogens is 638 g/mol. The molecule has 272 valence electrons. The summed E-state index contributed by atoms with van der Waals surface area (Å²) in [5.74, 6) is -0.599. The number of nitrogens with one attached hydrogen (secondary N) is 3. The molecule has 1 aliphatic carbocycles. The summed E-state index contributed by atoms with van der Waals surface area (Å²) < 4.78 is 0. The zero-order valence-electron chi connectivity index (χ0n) is 30.0. The fourth-order valence-electron chi connectivity index (χ4n) is 8.08. The summed E-state index contributed by atoms with van der Waals surface area (Å²) in [5.41, 5.74) is -1.27. The standard InChI is InChI=1S/C37H53N7O6/c1-8-10-14-25(28(45)33(48)40-18-9-2)41-32(47)27-24(23(3)4)15-21-43(27)35(50)30(36(5,6)7)44-34(49)29(37(44)16-12-11-13-17-37)42-31(46)26-22-38-19-20-39-26/h1,9,19-20,22-25,27,29-30,35,50H,2,10-18,21H2,3-7H3,(H,40,48)(H,41,47)(H,42,46)/t24-,25?,27+,29-,30-,35?/m1/s1. The van der Waals surface area contributed by atoms with Crippen LogP contribution < -0.4 is 16.0 Å². The molecule has 1 aromatic rings. The van der Waals surface area contributed by atoms with Crippen molar-refractivity contribution in [2.45, 2.75) is 122 Å². The first-order valence-electron chi connectivity index (χ1n) is 17.7. The first-order valence-corrected chi connectivity index (χ1v) is 17.7. The number of β-lactam (4-membered cyclic amide) rings is 1. The van der Waals surface area contributed by atoms with E-state index in [0.29, 0.717) is 25.8 Å². The Hall–Kier alpha value is -4.15. The van der Waals surface area contributed by atoms with Gasteiger partial charge in [0.15, 0.2) is 0 Å². The first kappa shape index (κ1) is 38.6. The fourth-order valence-corrected chi connectivity index (χ4v) is 8.08. The second kappa shape index (κ2) is 16.2. The molecule has 0 radical (unpaired) electrons. The number of terminal acetylenes is 1. The SMILES string of the molecule is C#CCCC(NC(=O)[C@@H]1[C@@H](C(C)C)CCN1C(O)[C@@H](N1C(=O)[C@@H](NC(=O)c2cnccn2)C12CCCCC2)C(C)(C)C)C(=O)C(=O)NCC=C. The molecule has 3 fully saturated rings. The van der Waals surface area contributed by atoms with Crippen LogP contribution in [0.15, 0.2) is 31.2 Å². The Morgan fingerprint density at radius 3 is 2.46 bits per heavy atom. The summed E-state index contributed by atoms with van der Waals surface area (Å²) in [7, 11) is 0. The lowest BCUT2D eigenvalue weighted by atomic mass is 9.65. The Kier molecular flexibility index (Phi) is 12.6. The Morgan fingerprint density at radius 1 is 1.18 bits per heavy atom. The highest BCUT2D eigenvalue weighted by Gasteiger charge is 2.65. The number of hydrogen-bond donors (Lipinski definition) is 4. The molecule has 6 atom stereocenters. The number of nitrogens with zero attached hydrogens (tertiary/aromatic N) is 4.